The summed E-state index contributed by atoms with van der Waals surface area (Å²) < 4.78 is 12.6. The lowest BCUT2D eigenvalue weighted by molar-refractivity contribution is 0.305. The van der Waals surface area contributed by atoms with Gasteiger partial charge in [-0.2, -0.15) is 0 Å². The minimum atomic E-state index is 0.429. The molecule has 0 aliphatic rings. The van der Waals surface area contributed by atoms with E-state index in [0.29, 0.717) is 26.3 Å². The standard InChI is InChI=1S/C64H56N10O2/c1-3-19-63(75-45-47-21-25-49(26-22-47)53-39-59(55-15-5-9-29-69-55)73-60(40-53)56-16-6-10-30-70-56)51(13-1)43-67-37-35-65-33-34-66-36-38-68-44-52-14-2-4-20-64(52)76-46-48-23-27-50(28-24-48)54-41-61(57-17-7-11-31-71-57)74-62(42-54)58-18-8-12-32-72-58/h1-32,39-44,65-66H,33-38,45-46H2. The number of ether oxygens (including phenoxy) is 2. The maximum atomic E-state index is 6.31. The summed E-state index contributed by atoms with van der Waals surface area (Å²) in [5, 5.41) is 6.94. The predicted octanol–water partition coefficient (Wildman–Crippen LogP) is 11.9. The zero-order chi connectivity index (χ0) is 51.4. The summed E-state index contributed by atoms with van der Waals surface area (Å²) in [5.74, 6) is 1.58. The van der Waals surface area contributed by atoms with E-state index < -0.39 is 0 Å². The van der Waals surface area contributed by atoms with Crippen LogP contribution in [0.3, 0.4) is 0 Å². The molecule has 0 saturated carbocycles. The van der Waals surface area contributed by atoms with Gasteiger partial charge in [-0.3, -0.25) is 29.9 Å². The van der Waals surface area contributed by atoms with Crippen molar-refractivity contribution < 1.29 is 9.47 Å². The van der Waals surface area contributed by atoms with Crippen LogP contribution in [0.5, 0.6) is 11.5 Å². The predicted molar refractivity (Wildman–Crippen MR) is 304 cm³/mol. The molecule has 12 heteroatoms. The molecule has 4 aromatic carbocycles. The van der Waals surface area contributed by atoms with Gasteiger partial charge in [0.1, 0.15) is 24.7 Å². The second kappa shape index (κ2) is 26.0. The highest BCUT2D eigenvalue weighted by atomic mass is 16.5. The third kappa shape index (κ3) is 13.8. The fourth-order valence-corrected chi connectivity index (χ4v) is 8.36. The molecule has 0 fully saturated rings. The van der Waals surface area contributed by atoms with Gasteiger partial charge in [0, 0.05) is 74.5 Å². The molecule has 374 valence electrons. The fourth-order valence-electron chi connectivity index (χ4n) is 8.36. The minimum Gasteiger partial charge on any atom is -0.488 e. The zero-order valence-electron chi connectivity index (χ0n) is 42.0. The fraction of sp³-hybridized carbons (Fsp3) is 0.125. The first kappa shape index (κ1) is 50.2. The van der Waals surface area contributed by atoms with E-state index in [4.69, 9.17) is 19.4 Å². The average Bonchev–Trinajstić information content (AvgIpc) is 3.50. The lowest BCUT2D eigenvalue weighted by atomic mass is 10.0. The van der Waals surface area contributed by atoms with E-state index in [9.17, 15) is 0 Å². The van der Waals surface area contributed by atoms with Gasteiger partial charge >= 0.3 is 0 Å². The first-order valence-electron chi connectivity index (χ1n) is 25.4. The highest BCUT2D eigenvalue weighted by Crippen LogP contribution is 2.31. The Morgan fingerprint density at radius 3 is 1.03 bits per heavy atom. The van der Waals surface area contributed by atoms with Crippen molar-refractivity contribution in [1.29, 1.82) is 0 Å². The topological polar surface area (TPSA) is 145 Å². The monoisotopic (exact) mass is 996 g/mol. The van der Waals surface area contributed by atoms with Gasteiger partial charge in [-0.05, 0) is 130 Å². The van der Waals surface area contributed by atoms with Crippen LogP contribution in [0, 0.1) is 0 Å². The summed E-state index contributed by atoms with van der Waals surface area (Å²) in [7, 11) is 0. The molecule has 0 spiro atoms. The van der Waals surface area contributed by atoms with E-state index in [1.165, 1.54) is 0 Å². The second-order valence-corrected chi connectivity index (χ2v) is 17.7. The molecular weight excluding hydrogens is 941 g/mol. The number of pyridine rings is 6. The van der Waals surface area contributed by atoms with Crippen molar-refractivity contribution in [3.8, 4) is 79.3 Å². The maximum absolute atomic E-state index is 6.31. The molecule has 0 aliphatic carbocycles. The molecule has 0 unspecified atom stereocenters. The van der Waals surface area contributed by atoms with Crippen molar-refractivity contribution in [2.75, 3.05) is 39.3 Å². The van der Waals surface area contributed by atoms with Crippen molar-refractivity contribution in [3.63, 3.8) is 0 Å². The summed E-state index contributed by atoms with van der Waals surface area (Å²) in [4.78, 5) is 37.4. The molecule has 0 saturated heterocycles. The Kier molecular flexibility index (Phi) is 17.2. The molecule has 10 aromatic rings. The van der Waals surface area contributed by atoms with Gasteiger partial charge in [-0.15, -0.1) is 0 Å². The van der Waals surface area contributed by atoms with Gasteiger partial charge in [-0.1, -0.05) is 97.1 Å². The van der Waals surface area contributed by atoms with E-state index in [-0.39, 0.29) is 0 Å². The first-order valence-corrected chi connectivity index (χ1v) is 25.4. The van der Waals surface area contributed by atoms with Crippen LogP contribution in [0.4, 0.5) is 0 Å². The number of nitrogens with zero attached hydrogens (tertiary/aromatic N) is 8. The number of nitrogens with one attached hydrogen (secondary N) is 2. The number of para-hydroxylation sites is 2. The summed E-state index contributed by atoms with van der Waals surface area (Å²) in [6, 6.07) is 64.6. The smallest absolute Gasteiger partial charge is 0.128 e. The third-order valence-corrected chi connectivity index (χ3v) is 12.3. The van der Waals surface area contributed by atoms with Crippen molar-refractivity contribution in [2.24, 2.45) is 9.98 Å². The van der Waals surface area contributed by atoms with E-state index in [1.807, 2.05) is 134 Å². The van der Waals surface area contributed by atoms with Gasteiger partial charge in [0.05, 0.1) is 58.6 Å². The van der Waals surface area contributed by atoms with E-state index in [1.54, 1.807) is 24.8 Å². The van der Waals surface area contributed by atoms with Gasteiger partial charge in [0.15, 0.2) is 0 Å². The molecule has 76 heavy (non-hydrogen) atoms. The molecule has 2 N–H and O–H groups in total. The van der Waals surface area contributed by atoms with E-state index in [2.05, 4.69) is 113 Å². The normalized spacial score (nSPS) is 11.3. The highest BCUT2D eigenvalue weighted by molar-refractivity contribution is 5.84. The number of hydrogen-bond acceptors (Lipinski definition) is 12. The molecular formula is C64H56N10O2. The Hall–Kier alpha value is -9.36. The van der Waals surface area contributed by atoms with Gasteiger partial charge in [0.2, 0.25) is 0 Å². The van der Waals surface area contributed by atoms with Crippen LogP contribution in [-0.2, 0) is 13.2 Å². The van der Waals surface area contributed by atoms with Gasteiger partial charge in [-0.25, -0.2) is 9.97 Å². The molecule has 6 aromatic heterocycles. The van der Waals surface area contributed by atoms with E-state index >= 15 is 0 Å². The highest BCUT2D eigenvalue weighted by Gasteiger charge is 2.13. The molecule has 6 heterocycles. The quantitative estimate of drug-likeness (QED) is 0.0469. The molecule has 10 rings (SSSR count). The Morgan fingerprint density at radius 1 is 0.342 bits per heavy atom. The van der Waals surface area contributed by atoms with Crippen molar-refractivity contribution in [2.45, 2.75) is 13.2 Å². The Morgan fingerprint density at radius 2 is 0.684 bits per heavy atom. The largest absolute Gasteiger partial charge is 0.488 e. The number of hydrogen-bond donors (Lipinski definition) is 2. The minimum absolute atomic E-state index is 0.429. The SMILES string of the molecule is C(=NCCNCCNCCN=Cc1ccccc1OCc1ccc(-c2cc(-c3ccccn3)nc(-c3ccccn3)c2)cc1)c1ccccc1OCc1ccc(-c2cc(-c3ccccn3)nc(-c3ccccn3)c2)cc1. The van der Waals surface area contributed by atoms with Crippen LogP contribution in [0.15, 0.2) is 229 Å². The number of rotatable bonds is 23. The summed E-state index contributed by atoms with van der Waals surface area (Å²) in [6.07, 6.45) is 10.9. The first-order chi connectivity index (χ1) is 37.7. The summed E-state index contributed by atoms with van der Waals surface area (Å²) >= 11 is 0. The van der Waals surface area contributed by atoms with Gasteiger partial charge < -0.3 is 20.1 Å². The lowest BCUT2D eigenvalue weighted by Crippen LogP contribution is -2.30. The Bertz CT molecular complexity index is 3120. The summed E-state index contributed by atoms with van der Waals surface area (Å²) in [5.41, 5.74) is 14.6. The van der Waals surface area contributed by atoms with Crippen molar-refractivity contribution >= 4 is 12.4 Å². The van der Waals surface area contributed by atoms with Gasteiger partial charge in [0.25, 0.3) is 0 Å². The van der Waals surface area contributed by atoms with Crippen LogP contribution in [0.1, 0.15) is 22.3 Å². The van der Waals surface area contributed by atoms with Crippen LogP contribution in [0.2, 0.25) is 0 Å². The van der Waals surface area contributed by atoms with Crippen molar-refractivity contribution in [1.82, 2.24) is 40.5 Å². The Balaban J connectivity index is 0.636. The van der Waals surface area contributed by atoms with Crippen LogP contribution < -0.4 is 20.1 Å². The number of benzene rings is 4. The van der Waals surface area contributed by atoms with Crippen LogP contribution >= 0.6 is 0 Å². The zero-order valence-corrected chi connectivity index (χ0v) is 42.0. The second-order valence-electron chi connectivity index (χ2n) is 17.7. The molecule has 0 atom stereocenters. The number of aromatic nitrogens is 6. The van der Waals surface area contributed by atoms with Crippen LogP contribution in [-0.4, -0.2) is 81.6 Å². The van der Waals surface area contributed by atoms with Crippen molar-refractivity contribution in [3.05, 3.63) is 241 Å². The maximum Gasteiger partial charge on any atom is 0.128 e. The Labute approximate surface area is 443 Å². The number of aliphatic imine (C=N–C) groups is 2. The molecule has 0 amide bonds. The third-order valence-electron chi connectivity index (χ3n) is 12.3. The molecule has 12 nitrogen and oxygen atoms in total. The average molecular weight is 997 g/mol. The van der Waals surface area contributed by atoms with E-state index in [0.717, 1.165) is 128 Å². The molecule has 0 bridgehead atoms. The summed E-state index contributed by atoms with van der Waals surface area (Å²) in [6.45, 7) is 5.35. The molecule has 0 aliphatic heterocycles. The molecule has 0 radical (unpaired) electrons. The van der Waals surface area contributed by atoms with Crippen LogP contribution in [0.25, 0.3) is 67.8 Å². The lowest BCUT2D eigenvalue weighted by Gasteiger charge is -2.11.